The molecular formula is C33H33FN8O3S. The van der Waals surface area contributed by atoms with Crippen LogP contribution in [0.1, 0.15) is 50.4 Å². The second-order valence-corrected chi connectivity index (χ2v) is 13.0. The third kappa shape index (κ3) is 6.45. The van der Waals surface area contributed by atoms with E-state index < -0.39 is 6.03 Å². The van der Waals surface area contributed by atoms with Crippen LogP contribution in [0.3, 0.4) is 0 Å². The lowest BCUT2D eigenvalue weighted by Crippen LogP contribution is -2.23. The van der Waals surface area contributed by atoms with E-state index in [1.807, 2.05) is 32.9 Å². The third-order valence-electron chi connectivity index (χ3n) is 7.53. The lowest BCUT2D eigenvalue weighted by molar-refractivity contribution is -0.117. The van der Waals surface area contributed by atoms with Gasteiger partial charge in [-0.05, 0) is 61.7 Å². The molecular weight excluding hydrogens is 607 g/mol. The smallest absolute Gasteiger partial charge is 0.324 e. The number of rotatable bonds is 7. The molecule has 3 aromatic heterocycles. The minimum absolute atomic E-state index is 0.107. The second kappa shape index (κ2) is 12.3. The fourth-order valence-electron chi connectivity index (χ4n) is 4.94. The Morgan fingerprint density at radius 3 is 2.41 bits per heavy atom. The summed E-state index contributed by atoms with van der Waals surface area (Å²) in [5.74, 6) is 0.713. The van der Waals surface area contributed by atoms with Gasteiger partial charge < -0.3 is 10.1 Å². The Morgan fingerprint density at radius 1 is 1.00 bits per heavy atom. The topological polar surface area (TPSA) is 127 Å². The van der Waals surface area contributed by atoms with Gasteiger partial charge in [-0.25, -0.2) is 28.8 Å². The summed E-state index contributed by atoms with van der Waals surface area (Å²) in [5, 5.41) is 10.9. The van der Waals surface area contributed by atoms with Crippen LogP contribution in [0, 0.1) is 19.7 Å². The summed E-state index contributed by atoms with van der Waals surface area (Å²) in [5.41, 5.74) is 3.21. The highest BCUT2D eigenvalue weighted by atomic mass is 32.1. The fraction of sp³-hybridized carbons (Fsp3) is 0.273. The molecule has 0 unspecified atom stereocenters. The van der Waals surface area contributed by atoms with Crippen LogP contribution in [0.2, 0.25) is 0 Å². The molecule has 0 spiro atoms. The van der Waals surface area contributed by atoms with Crippen LogP contribution < -0.4 is 20.3 Å². The molecule has 0 radical (unpaired) electrons. The van der Waals surface area contributed by atoms with Gasteiger partial charge in [0.15, 0.2) is 5.13 Å². The summed E-state index contributed by atoms with van der Waals surface area (Å²) in [6.07, 6.45) is 6.07. The summed E-state index contributed by atoms with van der Waals surface area (Å²) in [6.45, 7) is 10.1. The average molecular weight is 641 g/mol. The summed E-state index contributed by atoms with van der Waals surface area (Å²) in [7, 11) is 0. The van der Waals surface area contributed by atoms with Gasteiger partial charge in [0.2, 0.25) is 5.91 Å². The van der Waals surface area contributed by atoms with Gasteiger partial charge in [-0.2, -0.15) is 5.10 Å². The van der Waals surface area contributed by atoms with Gasteiger partial charge in [0.05, 0.1) is 34.3 Å². The van der Waals surface area contributed by atoms with Crippen molar-refractivity contribution in [2.24, 2.45) is 0 Å². The van der Waals surface area contributed by atoms with Gasteiger partial charge in [0.1, 0.15) is 17.4 Å². The highest BCUT2D eigenvalue weighted by Crippen LogP contribution is 2.34. The van der Waals surface area contributed by atoms with Gasteiger partial charge in [-0.15, -0.1) is 0 Å². The van der Waals surface area contributed by atoms with Crippen LogP contribution in [-0.4, -0.2) is 43.2 Å². The Morgan fingerprint density at radius 2 is 1.74 bits per heavy atom. The first-order valence-electron chi connectivity index (χ1n) is 14.8. The van der Waals surface area contributed by atoms with Gasteiger partial charge >= 0.3 is 12.0 Å². The number of anilines is 3. The van der Waals surface area contributed by atoms with Crippen molar-refractivity contribution in [2.75, 3.05) is 22.1 Å². The third-order valence-corrected chi connectivity index (χ3v) is 8.60. The van der Waals surface area contributed by atoms with Crippen molar-refractivity contribution >= 4 is 39.9 Å². The first kappa shape index (κ1) is 30.8. The standard InChI is InChI=1S/C33H33FN8O3S/c1-19-8-13-24(20(2)29(19)34)42-27(15-26(40-42)33(3,4)5)39-30(44)38-22-16-35-31(36-17-22)45-23-11-9-21(10-12-23)25-18-37-32(46-25)41-14-6-7-28(41)43/h8-13,15-18H,6-7,14H2,1-5H3,(H2,38,39,44). The van der Waals surface area contributed by atoms with E-state index in [9.17, 15) is 14.0 Å². The van der Waals surface area contributed by atoms with Crippen molar-refractivity contribution in [3.63, 3.8) is 0 Å². The van der Waals surface area contributed by atoms with Crippen molar-refractivity contribution in [1.82, 2.24) is 24.7 Å². The molecule has 46 heavy (non-hydrogen) atoms. The molecule has 1 aliphatic heterocycles. The Balaban J connectivity index is 1.10. The Kier molecular flexibility index (Phi) is 8.26. The molecule has 11 nitrogen and oxygen atoms in total. The minimum Gasteiger partial charge on any atom is -0.424 e. The van der Waals surface area contributed by atoms with E-state index in [1.54, 1.807) is 60.0 Å². The first-order valence-corrected chi connectivity index (χ1v) is 15.6. The number of thiazole rings is 1. The predicted octanol–water partition coefficient (Wildman–Crippen LogP) is 7.40. The fourth-order valence-corrected chi connectivity index (χ4v) is 5.90. The number of carbonyl (C=O) groups excluding carboxylic acids is 2. The Labute approximate surface area is 269 Å². The summed E-state index contributed by atoms with van der Waals surface area (Å²) in [4.78, 5) is 40.6. The molecule has 1 fully saturated rings. The SMILES string of the molecule is Cc1ccc(-n2nc(C(C)(C)C)cc2NC(=O)Nc2cnc(Oc3ccc(-c4cnc(N5CCCC5=O)s4)cc3)nc2)c(C)c1F. The molecule has 4 heterocycles. The molecule has 2 aromatic carbocycles. The van der Waals surface area contributed by atoms with Crippen LogP contribution in [0.15, 0.2) is 61.1 Å². The Bertz CT molecular complexity index is 1910. The van der Waals surface area contributed by atoms with E-state index in [1.165, 1.54) is 23.7 Å². The maximum absolute atomic E-state index is 14.7. The summed E-state index contributed by atoms with van der Waals surface area (Å²) >= 11 is 1.48. The first-order chi connectivity index (χ1) is 22.0. The predicted molar refractivity (Wildman–Crippen MR) is 176 cm³/mol. The van der Waals surface area contributed by atoms with Gasteiger partial charge in [-0.3, -0.25) is 15.0 Å². The number of nitrogens with zero attached hydrogens (tertiary/aromatic N) is 6. The molecule has 0 aliphatic carbocycles. The van der Waals surface area contributed by atoms with Crippen molar-refractivity contribution in [1.29, 1.82) is 0 Å². The monoisotopic (exact) mass is 640 g/mol. The number of aryl methyl sites for hydroxylation is 1. The largest absolute Gasteiger partial charge is 0.424 e. The van der Waals surface area contributed by atoms with E-state index in [4.69, 9.17) is 4.74 Å². The normalized spacial score (nSPS) is 13.3. The van der Waals surface area contributed by atoms with Crippen molar-refractivity contribution in [3.8, 4) is 27.9 Å². The number of halogens is 1. The average Bonchev–Trinajstić information content (AvgIpc) is 3.78. The van der Waals surface area contributed by atoms with E-state index >= 15 is 0 Å². The quantitative estimate of drug-likeness (QED) is 0.190. The number of ether oxygens (including phenoxy) is 1. The number of aromatic nitrogens is 5. The van der Waals surface area contributed by atoms with E-state index in [-0.39, 0.29) is 23.1 Å². The van der Waals surface area contributed by atoms with E-state index in [2.05, 4.69) is 30.7 Å². The molecule has 5 aromatic rings. The van der Waals surface area contributed by atoms with Gasteiger partial charge in [0.25, 0.3) is 0 Å². The Hall–Kier alpha value is -5.17. The molecule has 0 atom stereocenters. The molecule has 3 amide bonds. The van der Waals surface area contributed by atoms with E-state index in [0.717, 1.165) is 22.6 Å². The van der Waals surface area contributed by atoms with Crippen molar-refractivity contribution < 1.29 is 18.7 Å². The van der Waals surface area contributed by atoms with Gasteiger partial charge in [-0.1, -0.05) is 38.2 Å². The molecule has 0 bridgehead atoms. The zero-order valence-corrected chi connectivity index (χ0v) is 26.9. The molecule has 13 heteroatoms. The number of carbonyl (C=O) groups is 2. The lowest BCUT2D eigenvalue weighted by atomic mass is 9.92. The maximum Gasteiger partial charge on any atom is 0.324 e. The maximum atomic E-state index is 14.7. The van der Waals surface area contributed by atoms with Crippen LogP contribution in [0.25, 0.3) is 16.1 Å². The van der Waals surface area contributed by atoms with E-state index in [0.29, 0.717) is 52.2 Å². The van der Waals surface area contributed by atoms with Crippen LogP contribution in [0.4, 0.5) is 25.8 Å². The molecule has 0 saturated carbocycles. The van der Waals surface area contributed by atoms with Crippen LogP contribution >= 0.6 is 11.3 Å². The summed E-state index contributed by atoms with van der Waals surface area (Å²) in [6, 6.07) is 12.2. The second-order valence-electron chi connectivity index (χ2n) is 12.0. The number of hydrogen-bond donors (Lipinski definition) is 2. The molecule has 2 N–H and O–H groups in total. The highest BCUT2D eigenvalue weighted by molar-refractivity contribution is 7.19. The van der Waals surface area contributed by atoms with Crippen molar-refractivity contribution in [2.45, 2.75) is 52.9 Å². The molecule has 1 saturated heterocycles. The molecule has 1 aliphatic rings. The number of hydrogen-bond acceptors (Lipinski definition) is 8. The summed E-state index contributed by atoms with van der Waals surface area (Å²) < 4.78 is 22.1. The number of benzene rings is 2. The number of amides is 3. The lowest BCUT2D eigenvalue weighted by Gasteiger charge is -2.15. The van der Waals surface area contributed by atoms with Crippen LogP contribution in [0.5, 0.6) is 11.8 Å². The number of urea groups is 1. The zero-order chi connectivity index (χ0) is 32.6. The number of nitrogens with one attached hydrogen (secondary N) is 2. The highest BCUT2D eigenvalue weighted by Gasteiger charge is 2.25. The molecule has 6 rings (SSSR count). The minimum atomic E-state index is -0.542. The van der Waals surface area contributed by atoms with Crippen LogP contribution in [-0.2, 0) is 10.2 Å². The molecule has 236 valence electrons. The zero-order valence-electron chi connectivity index (χ0n) is 26.1. The van der Waals surface area contributed by atoms with Crippen molar-refractivity contribution in [3.05, 3.63) is 83.7 Å². The van der Waals surface area contributed by atoms with Gasteiger partial charge in [0, 0.05) is 36.2 Å².